The molecule has 13 nitrogen and oxygen atoms in total. The summed E-state index contributed by atoms with van der Waals surface area (Å²) >= 11 is 6.38. The van der Waals surface area contributed by atoms with E-state index in [1.54, 1.807) is 0 Å². The van der Waals surface area contributed by atoms with Gasteiger partial charge in [0, 0.05) is 41.0 Å². The van der Waals surface area contributed by atoms with Gasteiger partial charge >= 0.3 is 29.8 Å². The zero-order valence-corrected chi connectivity index (χ0v) is 20.3. The number of carbonyl (C=O) groups is 6. The number of alkyl halides is 1. The number of amides is 1. The van der Waals surface area contributed by atoms with Gasteiger partial charge in [-0.15, -0.1) is 0 Å². The molecule has 0 bridgehead atoms. The van der Waals surface area contributed by atoms with Gasteiger partial charge in [0.15, 0.2) is 12.2 Å². The molecule has 1 heterocycles. The molecule has 1 aliphatic heterocycles. The van der Waals surface area contributed by atoms with Crippen LogP contribution in [0, 0.1) is 0 Å². The topological polar surface area (TPSA) is 170 Å². The molecule has 1 unspecified atom stereocenters. The Kier molecular flexibility index (Phi) is 10.7. The molecule has 6 atom stereocenters. The van der Waals surface area contributed by atoms with Crippen LogP contribution in [-0.4, -0.2) is 85.0 Å². The predicted octanol–water partition coefficient (Wildman–Crippen LogP) is -0.254. The minimum Gasteiger partial charge on any atom is -0.466 e. The van der Waals surface area contributed by atoms with Gasteiger partial charge < -0.3 is 33.7 Å². The molecular weight excluding hydrogens is 482 g/mol. The molecule has 1 rings (SSSR count). The number of halogens is 1. The number of nitrogens with one attached hydrogen (secondary N) is 1. The average Bonchev–Trinajstić information content (AvgIpc) is 2.69. The van der Waals surface area contributed by atoms with Gasteiger partial charge in [-0.3, -0.25) is 24.0 Å². The molecule has 14 heteroatoms. The van der Waals surface area contributed by atoms with Gasteiger partial charge in [-0.25, -0.2) is 4.79 Å². The first-order chi connectivity index (χ1) is 15.7. The zero-order valence-electron chi connectivity index (χ0n) is 19.6. The van der Waals surface area contributed by atoms with Crippen LogP contribution in [0.1, 0.15) is 41.0 Å². The third-order valence-corrected chi connectivity index (χ3v) is 4.88. The van der Waals surface area contributed by atoms with Crippen LogP contribution < -0.4 is 5.32 Å². The fraction of sp³-hybridized carbons (Fsp3) is 0.700. The maximum atomic E-state index is 12.4. The summed E-state index contributed by atoms with van der Waals surface area (Å²) in [5.74, 6) is -4.87. The Morgan fingerprint density at radius 1 is 0.971 bits per heavy atom. The lowest BCUT2D eigenvalue weighted by molar-refractivity contribution is -0.225. The Morgan fingerprint density at radius 2 is 1.56 bits per heavy atom. The highest BCUT2D eigenvalue weighted by Crippen LogP contribution is 2.38. The molecule has 0 aromatic carbocycles. The smallest absolute Gasteiger partial charge is 0.354 e. The SMILES string of the molecule is COC(=O)[C@]1(Cl)C[C@H](OC(C)=O)[C@H](NC(C)=O)C([C@H](OC(C)=O)[C@@H](COC(C)=O)OC(C)=O)O1. The average molecular weight is 510 g/mol. The molecule has 1 amide bonds. The van der Waals surface area contributed by atoms with Gasteiger partial charge in [0.1, 0.15) is 18.8 Å². The van der Waals surface area contributed by atoms with Crippen LogP contribution in [-0.2, 0) is 57.2 Å². The highest BCUT2D eigenvalue weighted by atomic mass is 35.5. The van der Waals surface area contributed by atoms with Crippen molar-refractivity contribution in [3.05, 3.63) is 0 Å². The second-order valence-corrected chi connectivity index (χ2v) is 8.02. The third-order valence-electron chi connectivity index (χ3n) is 4.48. The molecule has 1 saturated heterocycles. The summed E-state index contributed by atoms with van der Waals surface area (Å²) in [6.07, 6.45) is -6.29. The fourth-order valence-corrected chi connectivity index (χ4v) is 3.71. The first-order valence-corrected chi connectivity index (χ1v) is 10.4. The monoisotopic (exact) mass is 509 g/mol. The standard InChI is InChI=1S/C20H28ClNO12/c1-9(23)22-16-14(31-11(3)25)7-20(21,19(28)29-6)34-18(16)17(33-13(5)27)15(32-12(4)26)8-30-10(2)24/h14-18H,7-8H2,1-6H3,(H,22,23)/t14-,15+,16-,17+,18?,20-/m0/s1. The quantitative estimate of drug-likeness (QED) is 0.246. The molecule has 0 aliphatic carbocycles. The van der Waals surface area contributed by atoms with Crippen LogP contribution in [0.25, 0.3) is 0 Å². The summed E-state index contributed by atoms with van der Waals surface area (Å²) in [4.78, 5) is 71.2. The fourth-order valence-electron chi connectivity index (χ4n) is 3.38. The number of methoxy groups -OCH3 is 1. The lowest BCUT2D eigenvalue weighted by Gasteiger charge is -2.46. The number of hydrogen-bond donors (Lipinski definition) is 1. The first-order valence-electron chi connectivity index (χ1n) is 10.1. The Balaban J connectivity index is 3.64. The van der Waals surface area contributed by atoms with Gasteiger partial charge in [-0.1, -0.05) is 11.6 Å². The summed E-state index contributed by atoms with van der Waals surface area (Å²) < 4.78 is 31.2. The minimum atomic E-state index is -2.24. The largest absolute Gasteiger partial charge is 0.466 e. The predicted molar refractivity (Wildman–Crippen MR) is 111 cm³/mol. The van der Waals surface area contributed by atoms with Gasteiger partial charge in [-0.2, -0.15) is 0 Å². The molecule has 34 heavy (non-hydrogen) atoms. The van der Waals surface area contributed by atoms with Crippen molar-refractivity contribution in [3.63, 3.8) is 0 Å². The second kappa shape index (κ2) is 12.5. The lowest BCUT2D eigenvalue weighted by atomic mass is 9.89. The van der Waals surface area contributed by atoms with Crippen LogP contribution in [0.5, 0.6) is 0 Å². The van der Waals surface area contributed by atoms with E-state index < -0.39 is 84.3 Å². The van der Waals surface area contributed by atoms with E-state index in [4.69, 9.17) is 35.3 Å². The van der Waals surface area contributed by atoms with Crippen molar-refractivity contribution in [2.24, 2.45) is 0 Å². The van der Waals surface area contributed by atoms with Crippen molar-refractivity contribution in [2.75, 3.05) is 13.7 Å². The Morgan fingerprint density at radius 3 is 2.00 bits per heavy atom. The van der Waals surface area contributed by atoms with E-state index in [0.29, 0.717) is 0 Å². The van der Waals surface area contributed by atoms with Gasteiger partial charge in [0.25, 0.3) is 0 Å². The van der Waals surface area contributed by atoms with E-state index in [-0.39, 0.29) is 0 Å². The number of ether oxygens (including phenoxy) is 6. The summed E-state index contributed by atoms with van der Waals surface area (Å²) in [6, 6.07) is -1.24. The third kappa shape index (κ3) is 8.45. The molecule has 1 N–H and O–H groups in total. The Bertz CT molecular complexity index is 817. The summed E-state index contributed by atoms with van der Waals surface area (Å²) in [7, 11) is 1.04. The molecule has 1 aliphatic rings. The van der Waals surface area contributed by atoms with Crippen molar-refractivity contribution in [1.29, 1.82) is 0 Å². The van der Waals surface area contributed by atoms with Crippen LogP contribution in [0.4, 0.5) is 0 Å². The Labute approximate surface area is 200 Å². The molecular formula is C20H28ClNO12. The van der Waals surface area contributed by atoms with Crippen LogP contribution in [0.2, 0.25) is 0 Å². The molecule has 0 aromatic rings. The van der Waals surface area contributed by atoms with Crippen molar-refractivity contribution in [3.8, 4) is 0 Å². The van der Waals surface area contributed by atoms with Crippen molar-refractivity contribution in [1.82, 2.24) is 5.32 Å². The molecule has 0 aromatic heterocycles. The number of rotatable bonds is 9. The van der Waals surface area contributed by atoms with Crippen LogP contribution >= 0.6 is 11.6 Å². The van der Waals surface area contributed by atoms with E-state index in [1.165, 1.54) is 0 Å². The van der Waals surface area contributed by atoms with E-state index in [9.17, 15) is 28.8 Å². The molecule has 0 spiro atoms. The first kappa shape index (κ1) is 29.1. The van der Waals surface area contributed by atoms with Gasteiger partial charge in [0.2, 0.25) is 11.0 Å². The Hall–Kier alpha value is -2.93. The molecule has 1 fully saturated rings. The van der Waals surface area contributed by atoms with Crippen molar-refractivity contribution < 1.29 is 57.2 Å². The minimum absolute atomic E-state index is 0.447. The van der Waals surface area contributed by atoms with Crippen LogP contribution in [0.15, 0.2) is 0 Å². The number of esters is 5. The van der Waals surface area contributed by atoms with Crippen molar-refractivity contribution >= 4 is 47.4 Å². The molecule has 0 saturated carbocycles. The normalized spacial score (nSPS) is 25.7. The van der Waals surface area contributed by atoms with E-state index in [0.717, 1.165) is 41.7 Å². The molecule has 192 valence electrons. The van der Waals surface area contributed by atoms with Gasteiger partial charge in [0.05, 0.1) is 13.2 Å². The lowest BCUT2D eigenvalue weighted by Crippen LogP contribution is -2.67. The van der Waals surface area contributed by atoms with E-state index in [2.05, 4.69) is 10.1 Å². The highest BCUT2D eigenvalue weighted by Gasteiger charge is 2.57. The summed E-state index contributed by atoms with van der Waals surface area (Å²) in [5.41, 5.74) is 0. The summed E-state index contributed by atoms with van der Waals surface area (Å²) in [6.45, 7) is 4.87. The maximum Gasteiger partial charge on any atom is 0.354 e. The summed E-state index contributed by atoms with van der Waals surface area (Å²) in [5, 5.41) is 0.276. The van der Waals surface area contributed by atoms with E-state index in [1.807, 2.05) is 0 Å². The van der Waals surface area contributed by atoms with Gasteiger partial charge in [-0.05, 0) is 0 Å². The second-order valence-electron chi connectivity index (χ2n) is 7.41. The van der Waals surface area contributed by atoms with Crippen molar-refractivity contribution in [2.45, 2.75) is 76.6 Å². The number of carbonyl (C=O) groups excluding carboxylic acids is 6. The zero-order chi connectivity index (χ0) is 26.2. The maximum absolute atomic E-state index is 12.4. The molecule has 0 radical (unpaired) electrons. The number of hydrogen-bond acceptors (Lipinski definition) is 12. The van der Waals surface area contributed by atoms with E-state index >= 15 is 0 Å². The van der Waals surface area contributed by atoms with Crippen LogP contribution in [0.3, 0.4) is 0 Å². The highest BCUT2D eigenvalue weighted by molar-refractivity contribution is 6.32.